The van der Waals surface area contributed by atoms with E-state index in [1.807, 2.05) is 27.7 Å². The molecule has 15 nitrogen and oxygen atoms in total. The number of rotatable bonds is 15. The van der Waals surface area contributed by atoms with Gasteiger partial charge in [-0.15, -0.1) is 0 Å². The molecule has 0 saturated carbocycles. The van der Waals surface area contributed by atoms with Crippen molar-refractivity contribution in [2.45, 2.75) is 116 Å². The van der Waals surface area contributed by atoms with Gasteiger partial charge in [0.2, 0.25) is 0 Å². The number of ether oxygens (including phenoxy) is 3. The van der Waals surface area contributed by atoms with Crippen LogP contribution in [0.1, 0.15) is 48.5 Å². The maximum atomic E-state index is 9.33. The van der Waals surface area contributed by atoms with Gasteiger partial charge in [0.1, 0.15) is 36.6 Å². The predicted octanol–water partition coefficient (Wildman–Crippen LogP) is -3.50. The van der Waals surface area contributed by atoms with Gasteiger partial charge in [-0.25, -0.2) is 0 Å². The zero-order chi connectivity index (χ0) is 33.3. The molecule has 0 aromatic rings. The lowest BCUT2D eigenvalue weighted by Gasteiger charge is -2.37. The lowest BCUT2D eigenvalue weighted by molar-refractivity contribution is -0.286. The average molecular weight is 623 g/mol. The topological polar surface area (TPSA) is 270 Å². The molecule has 0 bridgehead atoms. The van der Waals surface area contributed by atoms with Crippen LogP contribution in [0.25, 0.3) is 0 Å². The first-order valence-corrected chi connectivity index (χ1v) is 14.2. The SMILES string of the molecule is CC(C)[C@@H](C)C(CO)OC(C)[C@@H](O)CO.CC(C)[C@@H](C)C(CO)OC(O)[C@@H](O)CO.OCC1OC(O)C(O)C(O)C1O. The Morgan fingerprint density at radius 3 is 1.36 bits per heavy atom. The minimum Gasteiger partial charge on any atom is -0.394 e. The third-order valence-corrected chi connectivity index (χ3v) is 7.45. The van der Waals surface area contributed by atoms with Crippen molar-refractivity contribution < 1.29 is 75.5 Å². The summed E-state index contributed by atoms with van der Waals surface area (Å²) in [5.41, 5.74) is 0. The van der Waals surface area contributed by atoms with Crippen LogP contribution >= 0.6 is 0 Å². The average Bonchev–Trinajstić information content (AvgIpc) is 2.97. The largest absolute Gasteiger partial charge is 0.394 e. The molecule has 0 aliphatic carbocycles. The summed E-state index contributed by atoms with van der Waals surface area (Å²) in [6.45, 7) is 11.9. The Labute approximate surface area is 248 Å². The van der Waals surface area contributed by atoms with Gasteiger partial charge in [0.25, 0.3) is 0 Å². The van der Waals surface area contributed by atoms with E-state index >= 15 is 0 Å². The van der Waals surface area contributed by atoms with Crippen LogP contribution in [0.2, 0.25) is 0 Å². The third kappa shape index (κ3) is 15.4. The molecule has 13 atom stereocenters. The van der Waals surface area contributed by atoms with E-state index in [4.69, 9.17) is 55.4 Å². The smallest absolute Gasteiger partial charge is 0.184 e. The molecule has 0 spiro atoms. The monoisotopic (exact) mass is 622 g/mol. The van der Waals surface area contributed by atoms with Gasteiger partial charge >= 0.3 is 0 Å². The van der Waals surface area contributed by atoms with Crippen LogP contribution in [-0.2, 0) is 14.2 Å². The molecule has 1 rings (SSSR count). The molecule has 0 amide bonds. The van der Waals surface area contributed by atoms with Gasteiger partial charge in [0, 0.05) is 0 Å². The van der Waals surface area contributed by atoms with E-state index in [0.717, 1.165) is 0 Å². The fourth-order valence-electron chi connectivity index (χ4n) is 3.48. The first-order valence-electron chi connectivity index (χ1n) is 14.2. The van der Waals surface area contributed by atoms with Crippen LogP contribution in [0.4, 0.5) is 0 Å². The highest BCUT2D eigenvalue weighted by Crippen LogP contribution is 2.21. The van der Waals surface area contributed by atoms with Crippen molar-refractivity contribution in [3.8, 4) is 0 Å². The van der Waals surface area contributed by atoms with Gasteiger partial charge in [-0.2, -0.15) is 0 Å². The van der Waals surface area contributed by atoms with Gasteiger partial charge in [-0.1, -0.05) is 41.5 Å². The molecular weight excluding hydrogens is 564 g/mol. The molecular formula is C27H58O15. The normalized spacial score (nSPS) is 28.4. The van der Waals surface area contributed by atoms with Crippen LogP contribution in [-0.4, -0.2) is 162 Å². The second kappa shape index (κ2) is 22.8. The van der Waals surface area contributed by atoms with Crippen molar-refractivity contribution in [3.05, 3.63) is 0 Å². The second-order valence-corrected chi connectivity index (χ2v) is 11.2. The minimum atomic E-state index is -1.57. The lowest BCUT2D eigenvalue weighted by atomic mass is 9.92. The first-order chi connectivity index (χ1) is 19.4. The zero-order valence-electron chi connectivity index (χ0n) is 25.8. The molecule has 1 aliphatic rings. The molecule has 1 fully saturated rings. The fourth-order valence-corrected chi connectivity index (χ4v) is 3.48. The van der Waals surface area contributed by atoms with Gasteiger partial charge in [-0.05, 0) is 30.6 Å². The van der Waals surface area contributed by atoms with E-state index in [2.05, 4.69) is 18.6 Å². The first kappa shape index (κ1) is 43.5. The Morgan fingerprint density at radius 1 is 0.571 bits per heavy atom. The van der Waals surface area contributed by atoms with E-state index in [1.165, 1.54) is 0 Å². The van der Waals surface area contributed by atoms with Crippen molar-refractivity contribution in [3.63, 3.8) is 0 Å². The van der Waals surface area contributed by atoms with Crippen molar-refractivity contribution in [1.82, 2.24) is 0 Å². The molecule has 15 heteroatoms. The Kier molecular flexibility index (Phi) is 23.7. The van der Waals surface area contributed by atoms with Crippen molar-refractivity contribution in [1.29, 1.82) is 0 Å². The highest BCUT2D eigenvalue weighted by atomic mass is 16.6. The predicted molar refractivity (Wildman–Crippen MR) is 150 cm³/mol. The Morgan fingerprint density at radius 2 is 1.00 bits per heavy atom. The van der Waals surface area contributed by atoms with E-state index in [-0.39, 0.29) is 37.8 Å². The van der Waals surface area contributed by atoms with Crippen molar-refractivity contribution in [2.75, 3.05) is 33.0 Å². The number of hydrogen-bond donors (Lipinski definition) is 12. The van der Waals surface area contributed by atoms with Crippen LogP contribution in [0.15, 0.2) is 0 Å². The van der Waals surface area contributed by atoms with Crippen molar-refractivity contribution in [2.24, 2.45) is 23.7 Å². The highest BCUT2D eigenvalue weighted by molar-refractivity contribution is 4.88. The molecule has 1 saturated heterocycles. The molecule has 0 aromatic carbocycles. The maximum absolute atomic E-state index is 9.33. The summed E-state index contributed by atoms with van der Waals surface area (Å²) in [5.74, 6) is 0.958. The minimum absolute atomic E-state index is 0.0514. The number of aliphatic hydroxyl groups excluding tert-OH is 12. The summed E-state index contributed by atoms with van der Waals surface area (Å²) in [4.78, 5) is 0. The van der Waals surface area contributed by atoms with Crippen LogP contribution in [0.5, 0.6) is 0 Å². The van der Waals surface area contributed by atoms with Crippen LogP contribution in [0.3, 0.4) is 0 Å². The molecule has 1 heterocycles. The molecule has 9 unspecified atom stereocenters. The second-order valence-electron chi connectivity index (χ2n) is 11.2. The molecule has 42 heavy (non-hydrogen) atoms. The highest BCUT2D eigenvalue weighted by Gasteiger charge is 2.42. The van der Waals surface area contributed by atoms with Gasteiger partial charge in [0.15, 0.2) is 12.6 Å². The Balaban J connectivity index is 0. The molecule has 256 valence electrons. The maximum Gasteiger partial charge on any atom is 0.184 e. The number of hydrogen-bond acceptors (Lipinski definition) is 15. The fraction of sp³-hybridized carbons (Fsp3) is 1.00. The summed E-state index contributed by atoms with van der Waals surface area (Å²) in [6, 6.07) is 0. The van der Waals surface area contributed by atoms with Crippen molar-refractivity contribution >= 4 is 0 Å². The molecule has 0 aromatic heterocycles. The third-order valence-electron chi connectivity index (χ3n) is 7.45. The Bertz CT molecular complexity index is 602. The summed E-state index contributed by atoms with van der Waals surface area (Å²) in [7, 11) is 0. The van der Waals surface area contributed by atoms with Crippen LogP contribution < -0.4 is 0 Å². The van der Waals surface area contributed by atoms with E-state index in [9.17, 15) is 15.3 Å². The number of aliphatic hydroxyl groups is 12. The van der Waals surface area contributed by atoms with Gasteiger partial charge in [-0.3, -0.25) is 0 Å². The van der Waals surface area contributed by atoms with E-state index in [0.29, 0.717) is 11.8 Å². The van der Waals surface area contributed by atoms with Gasteiger partial charge in [0.05, 0.1) is 51.3 Å². The quantitative estimate of drug-likeness (QED) is 0.0790. The standard InChI is InChI=1S/C11H24O4.C10H22O5.C6H12O6/c1-7(2)8(3)11(6-13)15-9(4)10(14)5-12;1-6(2)7(3)9(5-12)15-10(14)8(13)4-11;7-1-2-3(8)4(9)5(10)6(11)12-2/h7-14H,5-6H2,1-4H3;6-14H,4-5H2,1-3H3;2-11H,1H2/t8-,9?,10+,11?;7-,8+,9?,10?;/m11./s1. The summed E-state index contributed by atoms with van der Waals surface area (Å²) < 4.78 is 15.2. The molecule has 0 radical (unpaired) electrons. The molecule has 12 N–H and O–H groups in total. The molecule has 1 aliphatic heterocycles. The zero-order valence-corrected chi connectivity index (χ0v) is 25.8. The van der Waals surface area contributed by atoms with E-state index < -0.39 is 74.6 Å². The summed E-state index contributed by atoms with van der Waals surface area (Å²) >= 11 is 0. The van der Waals surface area contributed by atoms with E-state index in [1.54, 1.807) is 6.92 Å². The summed E-state index contributed by atoms with van der Waals surface area (Å²) in [6.07, 6.45) is -12.0. The van der Waals surface area contributed by atoms with Crippen LogP contribution in [0, 0.1) is 23.7 Å². The summed E-state index contributed by atoms with van der Waals surface area (Å²) in [5, 5.41) is 108. The lowest BCUT2D eigenvalue weighted by Crippen LogP contribution is -2.58. The Hall–Kier alpha value is -0.600. The van der Waals surface area contributed by atoms with Gasteiger partial charge < -0.3 is 75.5 Å².